The minimum Gasteiger partial charge on any atom is -0.496 e. The van der Waals surface area contributed by atoms with Crippen LogP contribution in [0.5, 0.6) is 5.75 Å². The molecule has 1 N–H and O–H groups in total. The van der Waals surface area contributed by atoms with Crippen molar-refractivity contribution in [2.75, 3.05) is 13.7 Å². The van der Waals surface area contributed by atoms with E-state index in [1.54, 1.807) is 7.11 Å². The van der Waals surface area contributed by atoms with Gasteiger partial charge in [-0.1, -0.05) is 12.1 Å². The van der Waals surface area contributed by atoms with Crippen molar-refractivity contribution in [2.24, 2.45) is 0 Å². The number of nitrogens with one attached hydrogen (secondary N) is 1. The van der Waals surface area contributed by atoms with E-state index >= 15 is 0 Å². The number of methoxy groups -OCH3 is 1. The molecule has 0 amide bonds. The molecule has 0 aromatic heterocycles. The maximum absolute atomic E-state index is 5.39. The van der Waals surface area contributed by atoms with E-state index in [4.69, 9.17) is 4.74 Å². The van der Waals surface area contributed by atoms with Crippen LogP contribution >= 0.6 is 0 Å². The van der Waals surface area contributed by atoms with Crippen molar-refractivity contribution < 1.29 is 4.74 Å². The van der Waals surface area contributed by atoms with Gasteiger partial charge >= 0.3 is 0 Å². The number of benzene rings is 1. The lowest BCUT2D eigenvalue weighted by Crippen LogP contribution is -2.27. The number of fused-ring (bicyclic) bond motifs is 1. The minimum atomic E-state index is 0.549. The van der Waals surface area contributed by atoms with Crippen LogP contribution in [0.15, 0.2) is 18.2 Å². The predicted octanol–water partition coefficient (Wildman–Crippen LogP) is 1.77. The van der Waals surface area contributed by atoms with Crippen molar-refractivity contribution >= 4 is 0 Å². The summed E-state index contributed by atoms with van der Waals surface area (Å²) in [5.41, 5.74) is 2.81. The summed E-state index contributed by atoms with van der Waals surface area (Å²) < 4.78 is 5.39. The zero-order valence-electron chi connectivity index (χ0n) is 8.84. The number of hydrogen-bond donors (Lipinski definition) is 1. The average molecular weight is 191 g/mol. The second kappa shape index (κ2) is 4.01. The van der Waals surface area contributed by atoms with Crippen LogP contribution in [0.2, 0.25) is 0 Å². The molecule has 0 bridgehead atoms. The van der Waals surface area contributed by atoms with Gasteiger partial charge in [0.2, 0.25) is 0 Å². The molecule has 0 spiro atoms. The van der Waals surface area contributed by atoms with Crippen LogP contribution < -0.4 is 10.1 Å². The number of ether oxygens (including phenoxy) is 1. The van der Waals surface area contributed by atoms with Crippen LogP contribution in [0.1, 0.15) is 18.1 Å². The Labute approximate surface area is 85.3 Å². The lowest BCUT2D eigenvalue weighted by molar-refractivity contribution is 0.407. The third-order valence-corrected chi connectivity index (χ3v) is 2.85. The Kier molecular flexibility index (Phi) is 2.73. The van der Waals surface area contributed by atoms with Crippen molar-refractivity contribution in [2.45, 2.75) is 25.8 Å². The third kappa shape index (κ3) is 1.75. The molecule has 0 aliphatic carbocycles. The van der Waals surface area contributed by atoms with Gasteiger partial charge in [0.1, 0.15) is 5.75 Å². The maximum atomic E-state index is 5.39. The first-order valence-electron chi connectivity index (χ1n) is 5.19. The standard InChI is InChI=1S/C12H17NO/c1-9-8-11-10(6-7-13-9)4-3-5-12(11)14-2/h3-5,9,13H,6-8H2,1-2H3. The van der Waals surface area contributed by atoms with Gasteiger partial charge < -0.3 is 10.1 Å². The van der Waals surface area contributed by atoms with Crippen molar-refractivity contribution in [3.63, 3.8) is 0 Å². The SMILES string of the molecule is COc1cccc2c1CC(C)NCC2. The van der Waals surface area contributed by atoms with Crippen LogP contribution in [0.25, 0.3) is 0 Å². The molecule has 2 rings (SSSR count). The lowest BCUT2D eigenvalue weighted by atomic mass is 10.00. The topological polar surface area (TPSA) is 21.3 Å². The van der Waals surface area contributed by atoms with E-state index < -0.39 is 0 Å². The van der Waals surface area contributed by atoms with Gasteiger partial charge in [-0.05, 0) is 43.5 Å². The Morgan fingerprint density at radius 3 is 3.07 bits per heavy atom. The fourth-order valence-corrected chi connectivity index (χ4v) is 2.10. The van der Waals surface area contributed by atoms with Crippen molar-refractivity contribution in [1.82, 2.24) is 5.32 Å². The highest BCUT2D eigenvalue weighted by molar-refractivity contribution is 5.41. The first-order chi connectivity index (χ1) is 6.81. The summed E-state index contributed by atoms with van der Waals surface area (Å²) in [6, 6.07) is 6.88. The molecule has 76 valence electrons. The van der Waals surface area contributed by atoms with Crippen LogP contribution in [0.3, 0.4) is 0 Å². The van der Waals surface area contributed by atoms with Gasteiger partial charge in [-0.25, -0.2) is 0 Å². The highest BCUT2D eigenvalue weighted by Crippen LogP contribution is 2.25. The van der Waals surface area contributed by atoms with E-state index in [-0.39, 0.29) is 0 Å². The molecule has 1 aliphatic rings. The van der Waals surface area contributed by atoms with E-state index in [9.17, 15) is 0 Å². The average Bonchev–Trinajstić information content (AvgIpc) is 2.38. The fraction of sp³-hybridized carbons (Fsp3) is 0.500. The smallest absolute Gasteiger partial charge is 0.122 e. The van der Waals surface area contributed by atoms with E-state index in [1.165, 1.54) is 11.1 Å². The summed E-state index contributed by atoms with van der Waals surface area (Å²) in [6.07, 6.45) is 2.18. The Bertz CT molecular complexity index is 322. The normalized spacial score (nSPS) is 21.1. The molecule has 1 heterocycles. The van der Waals surface area contributed by atoms with Crippen molar-refractivity contribution in [3.8, 4) is 5.75 Å². The molecule has 0 saturated carbocycles. The van der Waals surface area contributed by atoms with Crippen LogP contribution in [-0.2, 0) is 12.8 Å². The predicted molar refractivity (Wildman–Crippen MR) is 57.9 cm³/mol. The molecule has 0 saturated heterocycles. The van der Waals surface area contributed by atoms with E-state index in [0.717, 1.165) is 25.1 Å². The summed E-state index contributed by atoms with van der Waals surface area (Å²) in [5, 5.41) is 3.49. The van der Waals surface area contributed by atoms with Gasteiger partial charge in [0.05, 0.1) is 7.11 Å². The van der Waals surface area contributed by atoms with Crippen molar-refractivity contribution in [1.29, 1.82) is 0 Å². The Balaban J connectivity index is 2.40. The summed E-state index contributed by atoms with van der Waals surface area (Å²) in [7, 11) is 1.75. The number of hydrogen-bond acceptors (Lipinski definition) is 2. The van der Waals surface area contributed by atoms with E-state index in [2.05, 4.69) is 30.4 Å². The van der Waals surface area contributed by atoms with Crippen LogP contribution in [0, 0.1) is 0 Å². The molecule has 2 heteroatoms. The second-order valence-electron chi connectivity index (χ2n) is 3.91. The number of rotatable bonds is 1. The molecule has 0 fully saturated rings. The summed E-state index contributed by atoms with van der Waals surface area (Å²) in [6.45, 7) is 3.29. The van der Waals surface area contributed by atoms with Crippen molar-refractivity contribution in [3.05, 3.63) is 29.3 Å². The van der Waals surface area contributed by atoms with Gasteiger partial charge in [0.25, 0.3) is 0 Å². The molecule has 2 nitrogen and oxygen atoms in total. The highest BCUT2D eigenvalue weighted by Gasteiger charge is 2.15. The first kappa shape index (κ1) is 9.53. The largest absolute Gasteiger partial charge is 0.496 e. The molecule has 1 aromatic carbocycles. The molecule has 1 atom stereocenters. The fourth-order valence-electron chi connectivity index (χ4n) is 2.10. The Morgan fingerprint density at radius 1 is 1.43 bits per heavy atom. The van der Waals surface area contributed by atoms with Gasteiger partial charge in [-0.2, -0.15) is 0 Å². The molecule has 1 aromatic rings. The molecular formula is C12H17NO. The molecule has 1 unspecified atom stereocenters. The monoisotopic (exact) mass is 191 g/mol. The lowest BCUT2D eigenvalue weighted by Gasteiger charge is -2.13. The molecule has 14 heavy (non-hydrogen) atoms. The quantitative estimate of drug-likeness (QED) is 0.730. The summed E-state index contributed by atoms with van der Waals surface area (Å²) in [4.78, 5) is 0. The minimum absolute atomic E-state index is 0.549. The van der Waals surface area contributed by atoms with Gasteiger partial charge in [-0.15, -0.1) is 0 Å². The van der Waals surface area contributed by atoms with Gasteiger partial charge in [0, 0.05) is 6.04 Å². The zero-order chi connectivity index (χ0) is 9.97. The van der Waals surface area contributed by atoms with E-state index in [0.29, 0.717) is 6.04 Å². The Morgan fingerprint density at radius 2 is 2.29 bits per heavy atom. The van der Waals surface area contributed by atoms with Crippen LogP contribution in [0.4, 0.5) is 0 Å². The van der Waals surface area contributed by atoms with E-state index in [1.807, 2.05) is 0 Å². The maximum Gasteiger partial charge on any atom is 0.122 e. The Hall–Kier alpha value is -1.02. The van der Waals surface area contributed by atoms with Crippen LogP contribution in [-0.4, -0.2) is 19.7 Å². The summed E-state index contributed by atoms with van der Waals surface area (Å²) in [5.74, 6) is 1.04. The molecular weight excluding hydrogens is 174 g/mol. The first-order valence-corrected chi connectivity index (χ1v) is 5.19. The molecule has 0 radical (unpaired) electrons. The second-order valence-corrected chi connectivity index (χ2v) is 3.91. The zero-order valence-corrected chi connectivity index (χ0v) is 8.84. The molecule has 1 aliphatic heterocycles. The van der Waals surface area contributed by atoms with Gasteiger partial charge in [-0.3, -0.25) is 0 Å². The highest BCUT2D eigenvalue weighted by atomic mass is 16.5. The summed E-state index contributed by atoms with van der Waals surface area (Å²) >= 11 is 0. The third-order valence-electron chi connectivity index (χ3n) is 2.85. The van der Waals surface area contributed by atoms with Gasteiger partial charge in [0.15, 0.2) is 0 Å².